The van der Waals surface area contributed by atoms with Gasteiger partial charge in [0.05, 0.1) is 11.5 Å². The van der Waals surface area contributed by atoms with E-state index in [0.717, 1.165) is 0 Å². The summed E-state index contributed by atoms with van der Waals surface area (Å²) in [5.41, 5.74) is 0.617. The van der Waals surface area contributed by atoms with Crippen LogP contribution in [0.15, 0.2) is 40.8 Å². The third-order valence-electron chi connectivity index (χ3n) is 3.54. The van der Waals surface area contributed by atoms with Crippen molar-refractivity contribution in [3.05, 3.63) is 63.6 Å². The number of ether oxygens (including phenoxy) is 1. The van der Waals surface area contributed by atoms with Crippen LogP contribution in [0.5, 0.6) is 0 Å². The molecule has 0 radical (unpaired) electrons. The van der Waals surface area contributed by atoms with E-state index >= 15 is 0 Å². The summed E-state index contributed by atoms with van der Waals surface area (Å²) in [6.07, 6.45) is 0.256. The van der Waals surface area contributed by atoms with Crippen molar-refractivity contribution in [1.29, 1.82) is 0 Å². The quantitative estimate of drug-likeness (QED) is 0.438. The topological polar surface area (TPSA) is 99.7 Å². The molecule has 1 atom stereocenters. The summed E-state index contributed by atoms with van der Waals surface area (Å²) in [5, 5.41) is 10.7. The standard InChI is InChI=1S/C17H17NO6/c1-3-23-17(20)16-9-8-14(24-16)10-15(11(2)19)12-4-6-13(7-5-12)18(21)22/h4-9,15H,3,10H2,1-2H3. The second-order valence-corrected chi connectivity index (χ2v) is 5.20. The number of carbonyl (C=O) groups excluding carboxylic acids is 2. The molecule has 0 bridgehead atoms. The van der Waals surface area contributed by atoms with Crippen LogP contribution in [0.25, 0.3) is 0 Å². The normalized spacial score (nSPS) is 11.8. The van der Waals surface area contributed by atoms with Gasteiger partial charge in [-0.15, -0.1) is 0 Å². The van der Waals surface area contributed by atoms with E-state index in [1.54, 1.807) is 25.1 Å². The Balaban J connectivity index is 2.18. The molecule has 1 unspecified atom stereocenters. The summed E-state index contributed by atoms with van der Waals surface area (Å²) in [6.45, 7) is 3.39. The predicted molar refractivity (Wildman–Crippen MR) is 84.9 cm³/mol. The zero-order valence-corrected chi connectivity index (χ0v) is 13.4. The molecule has 0 aliphatic carbocycles. The number of esters is 1. The molecule has 0 saturated carbocycles. The number of carbonyl (C=O) groups is 2. The fourth-order valence-electron chi connectivity index (χ4n) is 2.33. The number of non-ortho nitro benzene ring substituents is 1. The van der Waals surface area contributed by atoms with Gasteiger partial charge in [0.2, 0.25) is 5.76 Å². The van der Waals surface area contributed by atoms with Crippen LogP contribution in [0, 0.1) is 10.1 Å². The van der Waals surface area contributed by atoms with Crippen LogP contribution in [-0.4, -0.2) is 23.3 Å². The fraction of sp³-hybridized carbons (Fsp3) is 0.294. The Labute approximate surface area is 138 Å². The Morgan fingerprint density at radius 1 is 1.21 bits per heavy atom. The number of ketones is 1. The Morgan fingerprint density at radius 2 is 1.88 bits per heavy atom. The molecule has 1 heterocycles. The average molecular weight is 331 g/mol. The van der Waals surface area contributed by atoms with Gasteiger partial charge in [0, 0.05) is 24.5 Å². The van der Waals surface area contributed by atoms with Crippen LogP contribution in [0.1, 0.15) is 41.6 Å². The van der Waals surface area contributed by atoms with Crippen molar-refractivity contribution in [2.75, 3.05) is 6.61 Å². The average Bonchev–Trinajstić information content (AvgIpc) is 3.01. The number of nitrogens with zero attached hydrogens (tertiary/aromatic N) is 1. The Kier molecular flexibility index (Phi) is 5.47. The number of nitro benzene ring substituents is 1. The highest BCUT2D eigenvalue weighted by Crippen LogP contribution is 2.25. The van der Waals surface area contributed by atoms with Crippen LogP contribution in [0.2, 0.25) is 0 Å². The number of Topliss-reactive ketones (excluding diaryl/α,β-unsaturated/α-hetero) is 1. The van der Waals surface area contributed by atoms with Crippen molar-refractivity contribution in [2.24, 2.45) is 0 Å². The summed E-state index contributed by atoms with van der Waals surface area (Å²) in [4.78, 5) is 33.8. The van der Waals surface area contributed by atoms with Crippen molar-refractivity contribution in [1.82, 2.24) is 0 Å². The smallest absolute Gasteiger partial charge is 0.374 e. The highest BCUT2D eigenvalue weighted by atomic mass is 16.6. The van der Waals surface area contributed by atoms with E-state index in [2.05, 4.69) is 0 Å². The molecular formula is C17H17NO6. The Morgan fingerprint density at radius 3 is 2.42 bits per heavy atom. The number of rotatable bonds is 7. The van der Waals surface area contributed by atoms with E-state index in [1.807, 2.05) is 0 Å². The SMILES string of the molecule is CCOC(=O)c1ccc(CC(C(C)=O)c2ccc([N+](=O)[O-])cc2)o1. The minimum absolute atomic E-state index is 0.0383. The van der Waals surface area contributed by atoms with E-state index in [9.17, 15) is 19.7 Å². The van der Waals surface area contributed by atoms with Gasteiger partial charge in [-0.25, -0.2) is 4.79 Å². The van der Waals surface area contributed by atoms with Crippen molar-refractivity contribution in [2.45, 2.75) is 26.2 Å². The molecule has 0 aliphatic rings. The first-order valence-corrected chi connectivity index (χ1v) is 7.43. The monoisotopic (exact) mass is 331 g/mol. The van der Waals surface area contributed by atoms with Crippen molar-refractivity contribution < 1.29 is 23.7 Å². The lowest BCUT2D eigenvalue weighted by Crippen LogP contribution is -2.12. The highest BCUT2D eigenvalue weighted by molar-refractivity contribution is 5.86. The summed E-state index contributed by atoms with van der Waals surface area (Å²) < 4.78 is 10.3. The number of hydrogen-bond acceptors (Lipinski definition) is 6. The lowest BCUT2D eigenvalue weighted by atomic mass is 9.91. The molecule has 1 aromatic carbocycles. The molecule has 126 valence electrons. The molecule has 0 aliphatic heterocycles. The van der Waals surface area contributed by atoms with Gasteiger partial charge >= 0.3 is 5.97 Å². The van der Waals surface area contributed by atoms with Crippen LogP contribution >= 0.6 is 0 Å². The van der Waals surface area contributed by atoms with Crippen LogP contribution < -0.4 is 0 Å². The van der Waals surface area contributed by atoms with E-state index < -0.39 is 16.8 Å². The van der Waals surface area contributed by atoms with Gasteiger partial charge in [0.25, 0.3) is 5.69 Å². The summed E-state index contributed by atoms with van der Waals surface area (Å²) in [5.74, 6) is -0.613. The van der Waals surface area contributed by atoms with Crippen molar-refractivity contribution >= 4 is 17.4 Å². The van der Waals surface area contributed by atoms with Gasteiger partial charge in [-0.2, -0.15) is 0 Å². The Hall–Kier alpha value is -2.96. The number of benzene rings is 1. The summed E-state index contributed by atoms with van der Waals surface area (Å²) in [7, 11) is 0. The second-order valence-electron chi connectivity index (χ2n) is 5.20. The van der Waals surface area contributed by atoms with Gasteiger partial charge in [0.15, 0.2) is 0 Å². The summed E-state index contributed by atoms with van der Waals surface area (Å²) >= 11 is 0. The first kappa shape index (κ1) is 17.4. The summed E-state index contributed by atoms with van der Waals surface area (Å²) in [6, 6.07) is 8.95. The lowest BCUT2D eigenvalue weighted by Gasteiger charge is -2.12. The molecule has 24 heavy (non-hydrogen) atoms. The maximum Gasteiger partial charge on any atom is 0.374 e. The molecule has 7 heteroatoms. The number of furan rings is 1. The van der Waals surface area contributed by atoms with Gasteiger partial charge < -0.3 is 9.15 Å². The van der Waals surface area contributed by atoms with E-state index in [4.69, 9.17) is 9.15 Å². The lowest BCUT2D eigenvalue weighted by molar-refractivity contribution is -0.384. The van der Waals surface area contributed by atoms with Gasteiger partial charge in [-0.05, 0) is 31.5 Å². The molecule has 1 aromatic heterocycles. The number of hydrogen-bond donors (Lipinski definition) is 0. The highest BCUT2D eigenvalue weighted by Gasteiger charge is 2.21. The molecule has 0 saturated heterocycles. The maximum absolute atomic E-state index is 11.9. The van der Waals surface area contributed by atoms with Crippen LogP contribution in [0.4, 0.5) is 5.69 Å². The largest absolute Gasteiger partial charge is 0.460 e. The van der Waals surface area contributed by atoms with Crippen LogP contribution in [0.3, 0.4) is 0 Å². The first-order chi connectivity index (χ1) is 11.4. The fourth-order valence-corrected chi connectivity index (χ4v) is 2.33. The van der Waals surface area contributed by atoms with Gasteiger partial charge in [-0.3, -0.25) is 14.9 Å². The van der Waals surface area contributed by atoms with Gasteiger partial charge in [0.1, 0.15) is 11.5 Å². The van der Waals surface area contributed by atoms with Crippen molar-refractivity contribution in [3.63, 3.8) is 0 Å². The molecule has 7 nitrogen and oxygen atoms in total. The minimum Gasteiger partial charge on any atom is -0.460 e. The molecule has 0 spiro atoms. The molecule has 2 rings (SSSR count). The maximum atomic E-state index is 11.9. The minimum atomic E-state index is -0.557. The van der Waals surface area contributed by atoms with E-state index in [0.29, 0.717) is 11.3 Å². The van der Waals surface area contributed by atoms with Crippen LogP contribution in [-0.2, 0) is 16.0 Å². The predicted octanol–water partition coefficient (Wildman–Crippen LogP) is 3.28. The second kappa shape index (κ2) is 7.54. The van der Waals surface area contributed by atoms with E-state index in [1.165, 1.54) is 25.1 Å². The zero-order chi connectivity index (χ0) is 17.7. The first-order valence-electron chi connectivity index (χ1n) is 7.43. The third kappa shape index (κ3) is 4.07. The van der Waals surface area contributed by atoms with E-state index in [-0.39, 0.29) is 30.3 Å². The molecule has 0 amide bonds. The van der Waals surface area contributed by atoms with Crippen molar-refractivity contribution in [3.8, 4) is 0 Å². The zero-order valence-electron chi connectivity index (χ0n) is 13.4. The van der Waals surface area contributed by atoms with Gasteiger partial charge in [-0.1, -0.05) is 12.1 Å². The molecule has 2 aromatic rings. The number of nitro groups is 1. The molecule has 0 N–H and O–H groups in total. The third-order valence-corrected chi connectivity index (χ3v) is 3.54. The molecular weight excluding hydrogens is 314 g/mol. The molecule has 0 fully saturated rings. The Bertz CT molecular complexity index is 747.